The number of esters is 1. The zero-order chi connectivity index (χ0) is 16.7. The smallest absolute Gasteiger partial charge is 0.363 e. The summed E-state index contributed by atoms with van der Waals surface area (Å²) in [4.78, 5) is 17.1. The van der Waals surface area contributed by atoms with Gasteiger partial charge in [-0.05, 0) is 24.6 Å². The Bertz CT molecular complexity index is 1020. The van der Waals surface area contributed by atoms with Gasteiger partial charge in [-0.1, -0.05) is 59.6 Å². The molecule has 0 saturated carbocycles. The third kappa shape index (κ3) is 2.64. The number of benzene rings is 2. The molecule has 24 heavy (non-hydrogen) atoms. The van der Waals surface area contributed by atoms with Crippen molar-refractivity contribution < 1.29 is 9.53 Å². The van der Waals surface area contributed by atoms with Gasteiger partial charge in [-0.3, -0.25) is 0 Å². The van der Waals surface area contributed by atoms with Crippen LogP contribution >= 0.6 is 22.9 Å². The van der Waals surface area contributed by atoms with Gasteiger partial charge < -0.3 is 4.74 Å². The molecule has 3 aromatic rings. The first-order valence-electron chi connectivity index (χ1n) is 7.38. The minimum atomic E-state index is -0.459. The average molecular weight is 354 g/mol. The predicted octanol–water partition coefficient (Wildman–Crippen LogP) is 5.21. The van der Waals surface area contributed by atoms with Crippen molar-refractivity contribution in [1.29, 1.82) is 0 Å². The fourth-order valence-electron chi connectivity index (χ4n) is 2.48. The lowest BCUT2D eigenvalue weighted by molar-refractivity contribution is -0.129. The molecule has 0 atom stereocenters. The number of rotatable bonds is 2. The van der Waals surface area contributed by atoms with E-state index >= 15 is 0 Å². The molecule has 0 amide bonds. The highest BCUT2D eigenvalue weighted by atomic mass is 35.5. The summed E-state index contributed by atoms with van der Waals surface area (Å²) in [5.41, 5.74) is 2.34. The second-order valence-corrected chi connectivity index (χ2v) is 6.92. The van der Waals surface area contributed by atoms with E-state index in [1.807, 2.05) is 55.5 Å². The maximum absolute atomic E-state index is 12.1. The Morgan fingerprint density at radius 1 is 1.12 bits per heavy atom. The lowest BCUT2D eigenvalue weighted by atomic mass is 10.1. The third-order valence-electron chi connectivity index (χ3n) is 3.73. The summed E-state index contributed by atoms with van der Waals surface area (Å²) in [5, 5.41) is 1.51. The summed E-state index contributed by atoms with van der Waals surface area (Å²) in [6, 6.07) is 15.7. The van der Waals surface area contributed by atoms with Gasteiger partial charge in [0.2, 0.25) is 5.90 Å². The van der Waals surface area contributed by atoms with Crippen LogP contribution in [0.4, 0.5) is 0 Å². The van der Waals surface area contributed by atoms with Crippen molar-refractivity contribution in [3.05, 3.63) is 75.3 Å². The fourth-order valence-corrected chi connectivity index (χ4v) is 3.92. The van der Waals surface area contributed by atoms with Gasteiger partial charge >= 0.3 is 5.97 Å². The van der Waals surface area contributed by atoms with Crippen LogP contribution in [0.5, 0.6) is 0 Å². The van der Waals surface area contributed by atoms with Crippen LogP contribution in [0.2, 0.25) is 5.02 Å². The SMILES string of the molecule is Cc1ccc(/C=C2/N=C(c3sc4ccccc4c3Cl)OC2=O)cc1. The second kappa shape index (κ2) is 5.89. The fraction of sp³-hybridized carbons (Fsp3) is 0.0526. The average Bonchev–Trinajstić information content (AvgIpc) is 3.11. The Hall–Kier alpha value is -2.43. The number of cyclic esters (lactones) is 1. The van der Waals surface area contributed by atoms with Crippen molar-refractivity contribution in [3.63, 3.8) is 0 Å². The molecule has 2 aromatic carbocycles. The molecule has 1 aromatic heterocycles. The number of aryl methyl sites for hydroxylation is 1. The molecule has 5 heteroatoms. The molecule has 4 rings (SSSR count). The molecule has 0 bridgehead atoms. The molecule has 3 nitrogen and oxygen atoms in total. The molecule has 2 heterocycles. The first-order valence-corrected chi connectivity index (χ1v) is 8.58. The van der Waals surface area contributed by atoms with Gasteiger partial charge in [0.15, 0.2) is 5.70 Å². The summed E-state index contributed by atoms with van der Waals surface area (Å²) < 4.78 is 6.37. The monoisotopic (exact) mass is 353 g/mol. The lowest BCUT2D eigenvalue weighted by Crippen LogP contribution is -2.04. The number of thiophene rings is 1. The topological polar surface area (TPSA) is 38.7 Å². The van der Waals surface area contributed by atoms with Gasteiger partial charge in [0.25, 0.3) is 0 Å². The molecule has 0 saturated heterocycles. The van der Waals surface area contributed by atoms with Crippen LogP contribution in [-0.2, 0) is 9.53 Å². The number of hydrogen-bond acceptors (Lipinski definition) is 4. The summed E-state index contributed by atoms with van der Waals surface area (Å²) in [6.07, 6.45) is 1.72. The van der Waals surface area contributed by atoms with E-state index in [1.54, 1.807) is 6.08 Å². The molecule has 0 radical (unpaired) electrons. The highest BCUT2D eigenvalue weighted by molar-refractivity contribution is 7.21. The van der Waals surface area contributed by atoms with E-state index in [-0.39, 0.29) is 11.6 Å². The van der Waals surface area contributed by atoms with Crippen molar-refractivity contribution in [2.75, 3.05) is 0 Å². The van der Waals surface area contributed by atoms with E-state index in [1.165, 1.54) is 11.3 Å². The third-order valence-corrected chi connectivity index (χ3v) is 5.39. The van der Waals surface area contributed by atoms with Gasteiger partial charge in [-0.25, -0.2) is 9.79 Å². The Morgan fingerprint density at radius 3 is 2.62 bits per heavy atom. The normalized spacial score (nSPS) is 15.8. The van der Waals surface area contributed by atoms with Gasteiger partial charge in [0.1, 0.15) is 4.88 Å². The highest BCUT2D eigenvalue weighted by Gasteiger charge is 2.27. The Kier molecular flexibility index (Phi) is 3.71. The van der Waals surface area contributed by atoms with Crippen LogP contribution in [0.25, 0.3) is 16.2 Å². The van der Waals surface area contributed by atoms with Crippen LogP contribution in [0.15, 0.2) is 59.2 Å². The predicted molar refractivity (Wildman–Crippen MR) is 98.6 cm³/mol. The number of aliphatic imine (C=N–C) groups is 1. The summed E-state index contributed by atoms with van der Waals surface area (Å²) in [5.74, 6) is -0.191. The lowest BCUT2D eigenvalue weighted by Gasteiger charge is -1.96. The number of carbonyl (C=O) groups is 1. The van der Waals surface area contributed by atoms with Gasteiger partial charge in [-0.2, -0.15) is 0 Å². The van der Waals surface area contributed by atoms with E-state index < -0.39 is 5.97 Å². The van der Waals surface area contributed by atoms with Crippen LogP contribution in [0, 0.1) is 6.92 Å². The molecule has 0 unspecified atom stereocenters. The molecule has 0 spiro atoms. The van der Waals surface area contributed by atoms with Crippen LogP contribution < -0.4 is 0 Å². The molecular weight excluding hydrogens is 342 g/mol. The Labute approximate surface area is 147 Å². The minimum Gasteiger partial charge on any atom is -0.401 e. The molecular formula is C19H12ClNO2S. The van der Waals surface area contributed by atoms with Crippen LogP contribution in [0.1, 0.15) is 16.0 Å². The van der Waals surface area contributed by atoms with E-state index in [9.17, 15) is 4.79 Å². The first kappa shape index (κ1) is 15.1. The largest absolute Gasteiger partial charge is 0.401 e. The van der Waals surface area contributed by atoms with E-state index in [2.05, 4.69) is 4.99 Å². The number of carbonyl (C=O) groups excluding carboxylic acids is 1. The molecule has 0 N–H and O–H groups in total. The van der Waals surface area contributed by atoms with Crippen molar-refractivity contribution in [3.8, 4) is 0 Å². The van der Waals surface area contributed by atoms with Crippen molar-refractivity contribution in [2.24, 2.45) is 4.99 Å². The number of nitrogens with zero attached hydrogens (tertiary/aromatic N) is 1. The van der Waals surface area contributed by atoms with Crippen molar-refractivity contribution in [1.82, 2.24) is 0 Å². The minimum absolute atomic E-state index is 0.268. The maximum atomic E-state index is 12.1. The van der Waals surface area contributed by atoms with E-state index in [0.29, 0.717) is 9.90 Å². The maximum Gasteiger partial charge on any atom is 0.363 e. The van der Waals surface area contributed by atoms with Crippen LogP contribution in [-0.4, -0.2) is 11.9 Å². The number of halogens is 1. The van der Waals surface area contributed by atoms with E-state index in [0.717, 1.165) is 21.2 Å². The Morgan fingerprint density at radius 2 is 1.88 bits per heavy atom. The van der Waals surface area contributed by atoms with Gasteiger partial charge in [0.05, 0.1) is 5.02 Å². The highest BCUT2D eigenvalue weighted by Crippen LogP contribution is 2.37. The number of hydrogen-bond donors (Lipinski definition) is 0. The first-order chi connectivity index (χ1) is 11.6. The zero-order valence-corrected chi connectivity index (χ0v) is 14.3. The van der Waals surface area contributed by atoms with Gasteiger partial charge in [-0.15, -0.1) is 11.3 Å². The molecule has 118 valence electrons. The Balaban J connectivity index is 1.75. The summed E-state index contributed by atoms with van der Waals surface area (Å²) in [6.45, 7) is 2.01. The number of fused-ring (bicyclic) bond motifs is 1. The van der Waals surface area contributed by atoms with Crippen molar-refractivity contribution in [2.45, 2.75) is 6.92 Å². The standard InChI is InChI=1S/C19H12ClNO2S/c1-11-6-8-12(9-7-11)10-14-19(22)23-18(21-14)17-16(20)13-4-2-3-5-15(13)24-17/h2-10H,1H3/b14-10+. The van der Waals surface area contributed by atoms with E-state index in [4.69, 9.17) is 16.3 Å². The number of ether oxygens (including phenoxy) is 1. The molecule has 0 aliphatic carbocycles. The molecule has 1 aliphatic rings. The quantitative estimate of drug-likeness (QED) is 0.468. The van der Waals surface area contributed by atoms with Crippen LogP contribution in [0.3, 0.4) is 0 Å². The summed E-state index contributed by atoms with van der Waals surface area (Å²) in [7, 11) is 0. The molecule has 0 fully saturated rings. The zero-order valence-electron chi connectivity index (χ0n) is 12.7. The van der Waals surface area contributed by atoms with Gasteiger partial charge in [0, 0.05) is 10.1 Å². The second-order valence-electron chi connectivity index (χ2n) is 5.49. The summed E-state index contributed by atoms with van der Waals surface area (Å²) >= 11 is 7.90. The van der Waals surface area contributed by atoms with Crippen molar-refractivity contribution >= 4 is 51.0 Å². The molecule has 1 aliphatic heterocycles.